The first-order valence-electron chi connectivity index (χ1n) is 11.0. The van der Waals surface area contributed by atoms with Crippen molar-refractivity contribution < 1.29 is 17.3 Å². The van der Waals surface area contributed by atoms with E-state index in [-0.39, 0.29) is 34.6 Å². The zero-order valence-electron chi connectivity index (χ0n) is 18.2. The molecule has 170 valence electrons. The Morgan fingerprint density at radius 2 is 2.09 bits per heavy atom. The van der Waals surface area contributed by atoms with Crippen molar-refractivity contribution in [2.24, 2.45) is 9.98 Å². The summed E-state index contributed by atoms with van der Waals surface area (Å²) in [6.45, 7) is 4.59. The van der Waals surface area contributed by atoms with E-state index in [0.29, 0.717) is 6.61 Å². The topological polar surface area (TPSA) is 80.6 Å². The normalized spacial score (nSPS) is 31.3. The first-order valence-corrected chi connectivity index (χ1v) is 13.3. The molecule has 4 heterocycles. The Hall–Kier alpha value is -1.94. The van der Waals surface area contributed by atoms with Crippen LogP contribution in [0.1, 0.15) is 31.7 Å². The summed E-state index contributed by atoms with van der Waals surface area (Å²) in [5.74, 6) is 1.08. The summed E-state index contributed by atoms with van der Waals surface area (Å²) in [4.78, 5) is 11.9. The van der Waals surface area contributed by atoms with Crippen LogP contribution >= 0.6 is 11.8 Å². The van der Waals surface area contributed by atoms with Crippen molar-refractivity contribution in [2.45, 2.75) is 61.1 Å². The minimum Gasteiger partial charge on any atom is -0.374 e. The largest absolute Gasteiger partial charge is 0.374 e. The molecular formula is C23H27N3O4S2. The lowest BCUT2D eigenvalue weighted by Gasteiger charge is -2.42. The Morgan fingerprint density at radius 3 is 2.81 bits per heavy atom. The molecule has 4 atom stereocenters. The van der Waals surface area contributed by atoms with E-state index in [0.717, 1.165) is 36.4 Å². The van der Waals surface area contributed by atoms with E-state index in [4.69, 9.17) is 13.9 Å². The molecule has 32 heavy (non-hydrogen) atoms. The van der Waals surface area contributed by atoms with Crippen molar-refractivity contribution >= 4 is 33.4 Å². The lowest BCUT2D eigenvalue weighted by molar-refractivity contribution is -0.0431. The second-order valence-corrected chi connectivity index (χ2v) is 11.2. The lowest BCUT2D eigenvalue weighted by atomic mass is 9.96. The number of nitrogens with zero attached hydrogens (tertiary/aromatic N) is 3. The maximum Gasteiger partial charge on any atom is 0.297 e. The van der Waals surface area contributed by atoms with Gasteiger partial charge in [0.15, 0.2) is 4.87 Å². The zero-order chi connectivity index (χ0) is 22.3. The van der Waals surface area contributed by atoms with Crippen LogP contribution in [0, 0.1) is 6.92 Å². The number of ether oxygens (including phenoxy) is 1. The van der Waals surface area contributed by atoms with Crippen LogP contribution in [0.4, 0.5) is 0 Å². The molecule has 1 fully saturated rings. The molecule has 0 saturated carbocycles. The standard InChI is InChI=1S/C23H27N3O4S2/c1-3-22-25-23-20(11-13-31-23)24-12-10-21(23)26(22)17-6-7-18(29-14-17)15-30-32(27,28)19-8-4-16(2)5-9-19/h4-5,8-13,17-18,21H,3,6-7,14-15H2,1-2H3/t17-,18+,21?,23?/m0/s1. The smallest absolute Gasteiger partial charge is 0.297 e. The highest BCUT2D eigenvalue weighted by atomic mass is 32.2. The highest BCUT2D eigenvalue weighted by Gasteiger charge is 2.54. The fraction of sp³-hybridized carbons (Fsp3) is 0.478. The van der Waals surface area contributed by atoms with E-state index in [2.05, 4.69) is 34.4 Å². The summed E-state index contributed by atoms with van der Waals surface area (Å²) < 4.78 is 36.3. The van der Waals surface area contributed by atoms with Crippen molar-refractivity contribution in [2.75, 3.05) is 13.2 Å². The number of benzene rings is 1. The van der Waals surface area contributed by atoms with E-state index in [1.165, 1.54) is 0 Å². The molecule has 0 amide bonds. The zero-order valence-corrected chi connectivity index (χ0v) is 19.8. The van der Waals surface area contributed by atoms with Gasteiger partial charge in [0.05, 0.1) is 42.0 Å². The maximum atomic E-state index is 12.5. The van der Waals surface area contributed by atoms with Gasteiger partial charge >= 0.3 is 0 Å². The van der Waals surface area contributed by atoms with Gasteiger partial charge in [-0.2, -0.15) is 8.42 Å². The van der Waals surface area contributed by atoms with Crippen LogP contribution in [0.15, 0.2) is 62.9 Å². The highest BCUT2D eigenvalue weighted by Crippen LogP contribution is 2.48. The van der Waals surface area contributed by atoms with Gasteiger partial charge in [-0.15, -0.1) is 0 Å². The molecule has 7 nitrogen and oxygen atoms in total. The first-order chi connectivity index (χ1) is 15.4. The minimum atomic E-state index is -3.79. The Balaban J connectivity index is 1.22. The van der Waals surface area contributed by atoms with Gasteiger partial charge in [-0.1, -0.05) is 36.4 Å². The molecule has 1 spiro atoms. The minimum absolute atomic E-state index is 0.0293. The lowest BCUT2D eigenvalue weighted by Crippen LogP contribution is -2.54. The van der Waals surface area contributed by atoms with E-state index in [9.17, 15) is 8.42 Å². The molecule has 1 aromatic rings. The quantitative estimate of drug-likeness (QED) is 0.587. The van der Waals surface area contributed by atoms with Crippen molar-refractivity contribution in [1.82, 2.24) is 4.90 Å². The number of rotatable bonds is 6. The molecule has 1 saturated heterocycles. The SMILES string of the molecule is CCC1=NC23SC=CC2=NC=CC3N1[C@H]1CC[C@H](COS(=O)(=O)c2ccc(C)cc2)OC1. The Labute approximate surface area is 193 Å². The van der Waals surface area contributed by atoms with Gasteiger partial charge in [0.2, 0.25) is 0 Å². The average molecular weight is 474 g/mol. The number of aryl methyl sites for hydroxylation is 1. The monoisotopic (exact) mass is 473 g/mol. The maximum absolute atomic E-state index is 12.5. The van der Waals surface area contributed by atoms with Crippen LogP contribution < -0.4 is 0 Å². The molecule has 4 aliphatic heterocycles. The fourth-order valence-electron chi connectivity index (χ4n) is 4.70. The summed E-state index contributed by atoms with van der Waals surface area (Å²) in [5, 5.41) is 2.08. The van der Waals surface area contributed by atoms with Crippen molar-refractivity contribution in [3.8, 4) is 0 Å². The molecular weight excluding hydrogens is 446 g/mol. The Bertz CT molecular complexity index is 1100. The molecule has 0 aliphatic carbocycles. The molecule has 2 unspecified atom stereocenters. The highest BCUT2D eigenvalue weighted by molar-refractivity contribution is 8.04. The third kappa shape index (κ3) is 3.75. The van der Waals surface area contributed by atoms with Gasteiger partial charge in [-0.05, 0) is 49.5 Å². The fourth-order valence-corrected chi connectivity index (χ4v) is 6.77. The van der Waals surface area contributed by atoms with Crippen molar-refractivity contribution in [3.05, 3.63) is 53.6 Å². The number of thioether (sulfide) groups is 1. The van der Waals surface area contributed by atoms with Crippen LogP contribution in [-0.2, 0) is 19.0 Å². The van der Waals surface area contributed by atoms with Crippen LogP contribution in [-0.4, -0.2) is 61.1 Å². The third-order valence-corrected chi connectivity index (χ3v) is 8.86. The number of aliphatic imine (C=N–C) groups is 2. The Morgan fingerprint density at radius 1 is 1.28 bits per heavy atom. The summed E-state index contributed by atoms with van der Waals surface area (Å²) in [6.07, 6.45) is 8.30. The average Bonchev–Trinajstić information content (AvgIpc) is 3.37. The van der Waals surface area contributed by atoms with Crippen LogP contribution in [0.3, 0.4) is 0 Å². The van der Waals surface area contributed by atoms with Crippen LogP contribution in [0.5, 0.6) is 0 Å². The van der Waals surface area contributed by atoms with Gasteiger partial charge in [0, 0.05) is 12.6 Å². The second-order valence-electron chi connectivity index (χ2n) is 8.44. The van der Waals surface area contributed by atoms with E-state index in [1.807, 2.05) is 13.1 Å². The van der Waals surface area contributed by atoms with Crippen LogP contribution in [0.25, 0.3) is 0 Å². The molecule has 0 N–H and O–H groups in total. The van der Waals surface area contributed by atoms with E-state index < -0.39 is 10.1 Å². The molecule has 0 bridgehead atoms. The van der Waals surface area contributed by atoms with Gasteiger partial charge in [0.1, 0.15) is 5.84 Å². The van der Waals surface area contributed by atoms with Gasteiger partial charge in [0.25, 0.3) is 10.1 Å². The predicted molar refractivity (Wildman–Crippen MR) is 126 cm³/mol. The third-order valence-electron chi connectivity index (χ3n) is 6.39. The van der Waals surface area contributed by atoms with Crippen molar-refractivity contribution in [3.63, 3.8) is 0 Å². The first kappa shape index (κ1) is 21.9. The van der Waals surface area contributed by atoms with Crippen LogP contribution in [0.2, 0.25) is 0 Å². The molecule has 5 rings (SSSR count). The molecule has 9 heteroatoms. The summed E-state index contributed by atoms with van der Waals surface area (Å²) >= 11 is 1.72. The molecule has 1 aromatic carbocycles. The summed E-state index contributed by atoms with van der Waals surface area (Å²) in [6, 6.07) is 6.98. The summed E-state index contributed by atoms with van der Waals surface area (Å²) in [5.41, 5.74) is 2.01. The second kappa shape index (κ2) is 8.44. The predicted octanol–water partition coefficient (Wildman–Crippen LogP) is 3.67. The van der Waals surface area contributed by atoms with E-state index >= 15 is 0 Å². The van der Waals surface area contributed by atoms with Crippen molar-refractivity contribution in [1.29, 1.82) is 0 Å². The summed E-state index contributed by atoms with van der Waals surface area (Å²) in [7, 11) is -3.79. The number of amidine groups is 1. The number of hydrogen-bond donors (Lipinski definition) is 0. The van der Waals surface area contributed by atoms with Gasteiger partial charge < -0.3 is 9.64 Å². The molecule has 0 radical (unpaired) electrons. The number of hydrogen-bond acceptors (Lipinski definition) is 8. The molecule has 0 aromatic heterocycles. The van der Waals surface area contributed by atoms with Gasteiger partial charge in [-0.25, -0.2) is 4.99 Å². The van der Waals surface area contributed by atoms with E-state index in [1.54, 1.807) is 36.0 Å². The Kier molecular flexibility index (Phi) is 5.77. The van der Waals surface area contributed by atoms with Gasteiger partial charge in [-0.3, -0.25) is 9.18 Å². The molecule has 4 aliphatic rings.